The zero-order valence-electron chi connectivity index (χ0n) is 23.3. The van der Waals surface area contributed by atoms with Crippen molar-refractivity contribution in [3.63, 3.8) is 0 Å². The fraction of sp³-hybridized carbons (Fsp3) is 0.125. The summed E-state index contributed by atoms with van der Waals surface area (Å²) in [5.74, 6) is -1.22. The molecule has 1 aliphatic heterocycles. The zero-order chi connectivity index (χ0) is 30.1. The topological polar surface area (TPSA) is 96.6 Å². The highest BCUT2D eigenvalue weighted by atomic mass is 32.2. The van der Waals surface area contributed by atoms with Crippen molar-refractivity contribution < 1.29 is 14.5 Å². The average molecular weight is 595 g/mol. The van der Waals surface area contributed by atoms with Crippen LogP contribution in [0.5, 0.6) is 0 Å². The van der Waals surface area contributed by atoms with Gasteiger partial charge >= 0.3 is 0 Å². The average Bonchev–Trinajstić information content (AvgIpc) is 2.96. The van der Waals surface area contributed by atoms with Gasteiger partial charge in [-0.2, -0.15) is 0 Å². The molecule has 2 heterocycles. The fourth-order valence-electron chi connectivity index (χ4n) is 4.45. The Balaban J connectivity index is 1.63. The standard InChI is InChI=1S/C32H26N4O4S2/c1-19-8-11-24(15-21(19)3)34-30(37)26(31(38)35(32(34)41)25-12-9-20(2)22(4)16-25)17-23-10-13-28(27(18-23)36(39)40)42-29-7-5-6-14-33-29/h5-18H,1-4H3. The SMILES string of the molecule is Cc1ccc(N2C(=O)C(=Cc3ccc(Sc4ccccn4)c([N+](=O)[O-])c3)C(=O)N(c3ccc(C)c(C)c3)C2=S)cc1C. The largest absolute Gasteiger partial charge is 0.283 e. The molecule has 3 aromatic carbocycles. The molecule has 0 unspecified atom stereocenters. The predicted molar refractivity (Wildman–Crippen MR) is 169 cm³/mol. The van der Waals surface area contributed by atoms with Crippen molar-refractivity contribution in [2.45, 2.75) is 37.6 Å². The highest BCUT2D eigenvalue weighted by molar-refractivity contribution is 7.99. The van der Waals surface area contributed by atoms with E-state index in [0.29, 0.717) is 26.9 Å². The third-order valence-corrected chi connectivity index (χ3v) is 8.47. The number of benzene rings is 3. The molecule has 0 bridgehead atoms. The molecule has 1 fully saturated rings. The summed E-state index contributed by atoms with van der Waals surface area (Å²) in [7, 11) is 0. The molecule has 0 radical (unpaired) electrons. The van der Waals surface area contributed by atoms with Gasteiger partial charge < -0.3 is 0 Å². The Hall–Kier alpha value is -4.67. The normalized spacial score (nSPS) is 13.5. The minimum Gasteiger partial charge on any atom is -0.268 e. The Kier molecular flexibility index (Phi) is 8.02. The maximum atomic E-state index is 13.9. The van der Waals surface area contributed by atoms with Gasteiger partial charge in [-0.25, -0.2) is 4.98 Å². The van der Waals surface area contributed by atoms with E-state index < -0.39 is 16.7 Å². The number of nitro groups is 1. The lowest BCUT2D eigenvalue weighted by atomic mass is 10.0. The Labute approximate surface area is 252 Å². The number of pyridine rings is 1. The van der Waals surface area contributed by atoms with Gasteiger partial charge in [0, 0.05) is 12.3 Å². The van der Waals surface area contributed by atoms with Crippen LogP contribution in [0, 0.1) is 37.8 Å². The molecular weight excluding hydrogens is 569 g/mol. The van der Waals surface area contributed by atoms with Gasteiger partial charge in [0.1, 0.15) is 10.6 Å². The lowest BCUT2D eigenvalue weighted by molar-refractivity contribution is -0.387. The van der Waals surface area contributed by atoms with Gasteiger partial charge in [-0.05, 0) is 116 Å². The zero-order valence-corrected chi connectivity index (χ0v) is 25.0. The number of hydrogen-bond donors (Lipinski definition) is 0. The van der Waals surface area contributed by atoms with E-state index in [-0.39, 0.29) is 16.4 Å². The highest BCUT2D eigenvalue weighted by Crippen LogP contribution is 2.36. The van der Waals surface area contributed by atoms with Crippen molar-refractivity contribution in [2.75, 3.05) is 9.80 Å². The number of aryl methyl sites for hydroxylation is 4. The molecule has 4 aromatic rings. The van der Waals surface area contributed by atoms with Gasteiger partial charge in [0.25, 0.3) is 17.5 Å². The van der Waals surface area contributed by atoms with Crippen LogP contribution in [0.4, 0.5) is 17.1 Å². The number of carbonyl (C=O) groups excluding carboxylic acids is 2. The van der Waals surface area contributed by atoms with Crippen LogP contribution in [0.1, 0.15) is 27.8 Å². The van der Waals surface area contributed by atoms with Crippen LogP contribution < -0.4 is 9.80 Å². The van der Waals surface area contributed by atoms with E-state index in [1.807, 2.05) is 52.0 Å². The van der Waals surface area contributed by atoms with Crippen molar-refractivity contribution >= 4 is 64.0 Å². The Morgan fingerprint density at radius 2 is 1.40 bits per heavy atom. The van der Waals surface area contributed by atoms with Crippen LogP contribution >= 0.6 is 24.0 Å². The summed E-state index contributed by atoms with van der Waals surface area (Å²) in [6, 6.07) is 21.0. The van der Waals surface area contributed by atoms with Crippen LogP contribution in [-0.2, 0) is 9.59 Å². The lowest BCUT2D eigenvalue weighted by Gasteiger charge is -2.37. The third kappa shape index (κ3) is 5.59. The smallest absolute Gasteiger partial charge is 0.268 e. The summed E-state index contributed by atoms with van der Waals surface area (Å²) in [5, 5.41) is 12.6. The second-order valence-electron chi connectivity index (χ2n) is 9.91. The van der Waals surface area contributed by atoms with Crippen LogP contribution in [-0.4, -0.2) is 26.8 Å². The number of nitro benzene ring substituents is 1. The molecular formula is C32H26N4O4S2. The summed E-state index contributed by atoms with van der Waals surface area (Å²) in [6.45, 7) is 7.80. The molecule has 8 nitrogen and oxygen atoms in total. The van der Waals surface area contributed by atoms with Crippen molar-refractivity contribution in [1.29, 1.82) is 0 Å². The van der Waals surface area contributed by atoms with Crippen LogP contribution in [0.15, 0.2) is 94.5 Å². The van der Waals surface area contributed by atoms with Gasteiger partial charge in [-0.1, -0.05) is 36.0 Å². The second kappa shape index (κ2) is 11.7. The van der Waals surface area contributed by atoms with Crippen molar-refractivity contribution in [2.24, 2.45) is 0 Å². The quantitative estimate of drug-likeness (QED) is 0.0771. The number of nitrogens with zero attached hydrogens (tertiary/aromatic N) is 4. The number of hydrogen-bond acceptors (Lipinski definition) is 7. The lowest BCUT2D eigenvalue weighted by Crippen LogP contribution is -2.57. The van der Waals surface area contributed by atoms with Crippen LogP contribution in [0.2, 0.25) is 0 Å². The number of amides is 2. The summed E-state index contributed by atoms with van der Waals surface area (Å²) in [6.07, 6.45) is 3.00. The molecule has 0 aliphatic carbocycles. The van der Waals surface area contributed by atoms with E-state index in [2.05, 4.69) is 4.98 Å². The van der Waals surface area contributed by atoms with Crippen LogP contribution in [0.25, 0.3) is 6.08 Å². The number of carbonyl (C=O) groups is 2. The molecule has 0 spiro atoms. The first-order valence-electron chi connectivity index (χ1n) is 13.0. The van der Waals surface area contributed by atoms with E-state index in [1.165, 1.54) is 21.9 Å². The van der Waals surface area contributed by atoms with E-state index in [9.17, 15) is 19.7 Å². The molecule has 0 saturated carbocycles. The molecule has 2 amide bonds. The predicted octanol–water partition coefficient (Wildman–Crippen LogP) is 7.12. The fourth-order valence-corrected chi connectivity index (χ4v) is 5.69. The van der Waals surface area contributed by atoms with Crippen molar-refractivity contribution in [1.82, 2.24) is 4.98 Å². The molecule has 1 aromatic heterocycles. The van der Waals surface area contributed by atoms with E-state index in [0.717, 1.165) is 34.0 Å². The molecule has 0 N–H and O–H groups in total. The van der Waals surface area contributed by atoms with Crippen LogP contribution in [0.3, 0.4) is 0 Å². The van der Waals surface area contributed by atoms with Crippen molar-refractivity contribution in [3.8, 4) is 0 Å². The minimum atomic E-state index is -0.608. The van der Waals surface area contributed by atoms with E-state index in [4.69, 9.17) is 12.2 Å². The van der Waals surface area contributed by atoms with Crippen molar-refractivity contribution in [3.05, 3.63) is 122 Å². The molecule has 210 valence electrons. The molecule has 0 atom stereocenters. The number of anilines is 2. The summed E-state index contributed by atoms with van der Waals surface area (Å²) < 4.78 is 0. The highest BCUT2D eigenvalue weighted by Gasteiger charge is 2.41. The Bertz CT molecular complexity index is 1730. The van der Waals surface area contributed by atoms with E-state index >= 15 is 0 Å². The first-order chi connectivity index (χ1) is 20.0. The molecule has 1 saturated heterocycles. The first kappa shape index (κ1) is 28.8. The van der Waals surface area contributed by atoms with Gasteiger partial charge in [0.2, 0.25) is 0 Å². The molecule has 1 aliphatic rings. The van der Waals surface area contributed by atoms with Gasteiger partial charge in [0.05, 0.1) is 21.2 Å². The number of aromatic nitrogens is 1. The van der Waals surface area contributed by atoms with E-state index in [1.54, 1.807) is 48.7 Å². The first-order valence-corrected chi connectivity index (χ1v) is 14.2. The monoisotopic (exact) mass is 594 g/mol. The maximum Gasteiger partial charge on any atom is 0.283 e. The molecule has 10 heteroatoms. The summed E-state index contributed by atoms with van der Waals surface area (Å²) >= 11 is 6.91. The van der Waals surface area contributed by atoms with Gasteiger partial charge in [-0.3, -0.25) is 29.5 Å². The summed E-state index contributed by atoms with van der Waals surface area (Å²) in [4.78, 5) is 46.7. The minimum absolute atomic E-state index is 0.0294. The second-order valence-corrected chi connectivity index (χ2v) is 11.3. The third-order valence-electron chi connectivity index (χ3n) is 7.09. The molecule has 42 heavy (non-hydrogen) atoms. The van der Waals surface area contributed by atoms with Gasteiger partial charge in [-0.15, -0.1) is 0 Å². The maximum absolute atomic E-state index is 13.9. The Morgan fingerprint density at radius 1 is 0.810 bits per heavy atom. The number of thiocarbonyl (C=S) groups is 1. The van der Waals surface area contributed by atoms with Gasteiger partial charge in [0.15, 0.2) is 5.11 Å². The number of rotatable bonds is 6. The summed E-state index contributed by atoms with van der Waals surface area (Å²) in [5.41, 5.74) is 5.05. The molecule has 5 rings (SSSR count). The Morgan fingerprint density at radius 3 is 1.90 bits per heavy atom.